The second kappa shape index (κ2) is 5.16. The fraction of sp³-hybridized carbons (Fsp3) is 0.0667. The molecule has 3 rings (SSSR count). The summed E-state index contributed by atoms with van der Waals surface area (Å²) >= 11 is 0. The van der Waals surface area contributed by atoms with Crippen LogP contribution in [0.25, 0.3) is 22.2 Å². The Morgan fingerprint density at radius 2 is 1.53 bits per heavy atom. The van der Waals surface area contributed by atoms with Gasteiger partial charge in [-0.1, -0.05) is 48.0 Å². The van der Waals surface area contributed by atoms with E-state index in [1.54, 1.807) is 0 Å². The molecule has 0 aliphatic rings. The Morgan fingerprint density at radius 1 is 0.882 bits per heavy atom. The van der Waals surface area contributed by atoms with Crippen molar-refractivity contribution in [3.8, 4) is 11.3 Å². The largest absolute Gasteiger partial charge is 0.399 e. The molecule has 2 heteroatoms. The molecule has 0 saturated carbocycles. The molecule has 1 nitrogen and oxygen atoms in total. The molecule has 2 aromatic carbocycles. The molecule has 0 atom stereocenters. The van der Waals surface area contributed by atoms with Crippen LogP contribution in [0.4, 0.5) is 0 Å². The summed E-state index contributed by atoms with van der Waals surface area (Å²) in [5, 5.41) is 1.17. The molecule has 1 heterocycles. The molecule has 0 spiro atoms. The van der Waals surface area contributed by atoms with Gasteiger partial charge in [-0.05, 0) is 11.2 Å². The SMILES string of the molecule is Cn1c(-c2ccccc2)[c-]c2ccccc21.[Y]. The Morgan fingerprint density at radius 3 is 2.24 bits per heavy atom. The smallest absolute Gasteiger partial charge is 0.000469 e. The van der Waals surface area contributed by atoms with Gasteiger partial charge in [0.2, 0.25) is 0 Å². The minimum absolute atomic E-state index is 0. The van der Waals surface area contributed by atoms with Crippen molar-refractivity contribution >= 4 is 10.9 Å². The van der Waals surface area contributed by atoms with Crippen LogP contribution >= 0.6 is 0 Å². The van der Waals surface area contributed by atoms with Gasteiger partial charge in [-0.25, -0.2) is 0 Å². The van der Waals surface area contributed by atoms with Gasteiger partial charge in [0, 0.05) is 39.8 Å². The minimum atomic E-state index is 0. The van der Waals surface area contributed by atoms with Gasteiger partial charge in [-0.2, -0.15) is 0 Å². The number of hydrogen-bond acceptors (Lipinski definition) is 0. The third-order valence-corrected chi connectivity index (χ3v) is 2.90. The summed E-state index contributed by atoms with van der Waals surface area (Å²) in [6.45, 7) is 0. The van der Waals surface area contributed by atoms with E-state index in [1.807, 2.05) is 12.1 Å². The predicted octanol–water partition coefficient (Wildman–Crippen LogP) is 3.64. The maximum atomic E-state index is 3.44. The van der Waals surface area contributed by atoms with Crippen molar-refractivity contribution in [2.75, 3.05) is 0 Å². The second-order valence-electron chi connectivity index (χ2n) is 3.92. The molecule has 0 fully saturated rings. The van der Waals surface area contributed by atoms with Gasteiger partial charge >= 0.3 is 0 Å². The van der Waals surface area contributed by atoms with Crippen LogP contribution in [0.1, 0.15) is 0 Å². The van der Waals surface area contributed by atoms with Crippen molar-refractivity contribution in [2.45, 2.75) is 0 Å². The molecule has 0 N–H and O–H groups in total. The Balaban J connectivity index is 0.00000108. The molecule has 0 saturated heterocycles. The van der Waals surface area contributed by atoms with Crippen LogP contribution in [-0.4, -0.2) is 4.57 Å². The van der Waals surface area contributed by atoms with E-state index in [1.165, 1.54) is 16.5 Å². The van der Waals surface area contributed by atoms with Gasteiger partial charge < -0.3 is 4.57 Å². The summed E-state index contributed by atoms with van der Waals surface area (Å²) in [7, 11) is 2.08. The van der Waals surface area contributed by atoms with Crippen LogP contribution in [0.3, 0.4) is 0 Å². The molecule has 0 aliphatic carbocycles. The van der Waals surface area contributed by atoms with E-state index in [9.17, 15) is 0 Å². The van der Waals surface area contributed by atoms with Crippen LogP contribution < -0.4 is 0 Å². The molecular weight excluding hydrogens is 283 g/mol. The molecule has 0 bridgehead atoms. The zero-order valence-electron chi connectivity index (χ0n) is 9.72. The van der Waals surface area contributed by atoms with Crippen molar-refractivity contribution in [2.24, 2.45) is 7.05 Å². The third kappa shape index (κ3) is 2.22. The summed E-state index contributed by atoms with van der Waals surface area (Å²) in [4.78, 5) is 0. The molecule has 1 radical (unpaired) electrons. The van der Waals surface area contributed by atoms with Crippen LogP contribution in [0, 0.1) is 6.07 Å². The van der Waals surface area contributed by atoms with Crippen LogP contribution in [-0.2, 0) is 39.8 Å². The second-order valence-corrected chi connectivity index (χ2v) is 3.92. The zero-order valence-corrected chi connectivity index (χ0v) is 12.6. The van der Waals surface area contributed by atoms with E-state index in [4.69, 9.17) is 0 Å². The van der Waals surface area contributed by atoms with E-state index < -0.39 is 0 Å². The number of benzene rings is 2. The van der Waals surface area contributed by atoms with E-state index in [2.05, 4.69) is 60.1 Å². The van der Waals surface area contributed by atoms with Gasteiger partial charge in [0.25, 0.3) is 0 Å². The molecule has 0 aliphatic heterocycles. The molecule has 0 amide bonds. The fourth-order valence-corrected chi connectivity index (χ4v) is 2.07. The summed E-state index contributed by atoms with van der Waals surface area (Å²) in [5.41, 5.74) is 3.57. The number of para-hydroxylation sites is 1. The molecule has 81 valence electrons. The Kier molecular flexibility index (Phi) is 3.80. The first kappa shape index (κ1) is 12.5. The Hall–Kier alpha value is -0.916. The first-order valence-corrected chi connectivity index (χ1v) is 5.38. The van der Waals surface area contributed by atoms with E-state index >= 15 is 0 Å². The van der Waals surface area contributed by atoms with Crippen molar-refractivity contribution in [1.82, 2.24) is 4.57 Å². The van der Waals surface area contributed by atoms with Crippen LogP contribution in [0.2, 0.25) is 0 Å². The summed E-state index contributed by atoms with van der Waals surface area (Å²) in [5.74, 6) is 0. The maximum Gasteiger partial charge on any atom is 0.000469 e. The van der Waals surface area contributed by atoms with Gasteiger partial charge in [0.05, 0.1) is 0 Å². The van der Waals surface area contributed by atoms with Crippen molar-refractivity contribution < 1.29 is 32.7 Å². The number of nitrogens with zero attached hydrogens (tertiary/aromatic N) is 1. The molecule has 0 unspecified atom stereocenters. The van der Waals surface area contributed by atoms with E-state index in [-0.39, 0.29) is 32.7 Å². The summed E-state index contributed by atoms with van der Waals surface area (Å²) in [6.07, 6.45) is 0. The first-order valence-electron chi connectivity index (χ1n) is 5.38. The van der Waals surface area contributed by atoms with Crippen molar-refractivity contribution in [1.29, 1.82) is 0 Å². The van der Waals surface area contributed by atoms with Crippen LogP contribution in [0.5, 0.6) is 0 Å². The van der Waals surface area contributed by atoms with E-state index in [0.717, 1.165) is 5.69 Å². The quantitative estimate of drug-likeness (QED) is 0.604. The normalized spacial score (nSPS) is 10.2. The van der Waals surface area contributed by atoms with Crippen molar-refractivity contribution in [3.63, 3.8) is 0 Å². The number of aromatic nitrogens is 1. The van der Waals surface area contributed by atoms with Gasteiger partial charge in [0.15, 0.2) is 0 Å². The van der Waals surface area contributed by atoms with Crippen molar-refractivity contribution in [3.05, 3.63) is 60.7 Å². The molecule has 1 aromatic heterocycles. The predicted molar refractivity (Wildman–Crippen MR) is 67.2 cm³/mol. The summed E-state index contributed by atoms with van der Waals surface area (Å²) in [6, 6.07) is 22.2. The number of aryl methyl sites for hydroxylation is 1. The van der Waals surface area contributed by atoms with Gasteiger partial charge in [-0.15, -0.1) is 23.6 Å². The van der Waals surface area contributed by atoms with Gasteiger partial charge in [0.1, 0.15) is 0 Å². The standard InChI is InChI=1S/C15H12N.Y/c1-16-14-10-6-5-9-13(14)11-15(16)12-7-3-2-4-8-12;/h2-10H,1H3;/q-1;. The number of hydrogen-bond donors (Lipinski definition) is 0. The number of rotatable bonds is 1. The Labute approximate surface area is 126 Å². The van der Waals surface area contributed by atoms with Crippen LogP contribution in [0.15, 0.2) is 54.6 Å². The minimum Gasteiger partial charge on any atom is -0.399 e. The average Bonchev–Trinajstić information content (AvgIpc) is 2.69. The maximum absolute atomic E-state index is 3.44. The topological polar surface area (TPSA) is 4.93 Å². The zero-order chi connectivity index (χ0) is 11.0. The number of fused-ring (bicyclic) bond motifs is 1. The first-order chi connectivity index (χ1) is 7.86. The van der Waals surface area contributed by atoms with E-state index in [0.29, 0.717) is 0 Å². The van der Waals surface area contributed by atoms with Gasteiger partial charge in [-0.3, -0.25) is 0 Å². The Bertz CT molecular complexity index is 626. The monoisotopic (exact) mass is 295 g/mol. The fourth-order valence-electron chi connectivity index (χ4n) is 2.07. The molecule has 3 aromatic rings. The molecular formula is C15H12NY-. The average molecular weight is 295 g/mol. The third-order valence-electron chi connectivity index (χ3n) is 2.90. The summed E-state index contributed by atoms with van der Waals surface area (Å²) < 4.78 is 2.19. The molecule has 17 heavy (non-hydrogen) atoms.